The molecule has 2 saturated carbocycles. The fraction of sp³-hybridized carbons (Fsp3) is 0.444. The van der Waals surface area contributed by atoms with Crippen molar-refractivity contribution in [1.29, 1.82) is 0 Å². The Kier molecular flexibility index (Phi) is 8.41. The van der Waals surface area contributed by atoms with Gasteiger partial charge in [-0.2, -0.15) is 0 Å². The van der Waals surface area contributed by atoms with E-state index < -0.39 is 0 Å². The molecule has 0 saturated heterocycles. The van der Waals surface area contributed by atoms with Crippen molar-refractivity contribution in [3.05, 3.63) is 66.2 Å². The number of pyridine rings is 1. The van der Waals surface area contributed by atoms with Crippen LogP contribution in [0.3, 0.4) is 0 Å². The summed E-state index contributed by atoms with van der Waals surface area (Å²) in [6.45, 7) is 4.43. The van der Waals surface area contributed by atoms with Crippen molar-refractivity contribution in [3.63, 3.8) is 0 Å². The van der Waals surface area contributed by atoms with E-state index in [1.165, 1.54) is 17.4 Å². The molecule has 5 rings (SSSR count). The molecule has 0 bridgehead atoms. The fourth-order valence-corrected chi connectivity index (χ4v) is 5.16. The molecule has 0 amide bonds. The van der Waals surface area contributed by atoms with E-state index in [9.17, 15) is 10.2 Å². The normalized spacial score (nSPS) is 24.8. The first-order chi connectivity index (χ1) is 14.5. The number of hydrogen-bond acceptors (Lipinski definition) is 3. The molecule has 2 aromatic carbocycles. The topological polar surface area (TPSA) is 53.4 Å². The van der Waals surface area contributed by atoms with E-state index in [0.717, 1.165) is 42.5 Å². The molecule has 2 aliphatic rings. The molecule has 1 aromatic heterocycles. The Balaban J connectivity index is 0.000000194. The average molecular weight is 595 g/mol. The maximum Gasteiger partial charge on any atom is 0.0598 e. The summed E-state index contributed by atoms with van der Waals surface area (Å²) in [6, 6.07) is 21.8. The molecule has 0 spiro atoms. The number of aromatic nitrogens is 1. The van der Waals surface area contributed by atoms with Crippen LogP contribution in [-0.4, -0.2) is 27.4 Å². The van der Waals surface area contributed by atoms with Crippen LogP contribution in [0.5, 0.6) is 0 Å². The van der Waals surface area contributed by atoms with Gasteiger partial charge in [0.1, 0.15) is 0 Å². The third-order valence-electron chi connectivity index (χ3n) is 6.71. The van der Waals surface area contributed by atoms with Gasteiger partial charge in [-0.3, -0.25) is 4.98 Å². The number of benzene rings is 2. The molecule has 167 valence electrons. The van der Waals surface area contributed by atoms with E-state index in [0.29, 0.717) is 11.8 Å². The molecule has 4 atom stereocenters. The number of rotatable bonds is 2. The van der Waals surface area contributed by atoms with Gasteiger partial charge in [0.15, 0.2) is 0 Å². The summed E-state index contributed by atoms with van der Waals surface area (Å²) in [4.78, 5) is 4.76. The summed E-state index contributed by atoms with van der Waals surface area (Å²) in [5.74, 6) is 1.34. The average Bonchev–Trinajstić information content (AvgIpc) is 3.16. The minimum Gasteiger partial charge on any atom is -0.393 e. The van der Waals surface area contributed by atoms with Gasteiger partial charge in [-0.25, -0.2) is 0 Å². The second-order valence-corrected chi connectivity index (χ2v) is 9.02. The van der Waals surface area contributed by atoms with Crippen LogP contribution in [0.4, 0.5) is 0 Å². The maximum absolute atomic E-state index is 9.59. The summed E-state index contributed by atoms with van der Waals surface area (Å²) in [5.41, 5.74) is 4.43. The van der Waals surface area contributed by atoms with Crippen LogP contribution in [0.2, 0.25) is 0 Å². The van der Waals surface area contributed by atoms with Crippen molar-refractivity contribution in [2.75, 3.05) is 0 Å². The molecule has 4 unspecified atom stereocenters. The minimum atomic E-state index is -0.216. The second-order valence-electron chi connectivity index (χ2n) is 9.02. The van der Waals surface area contributed by atoms with Gasteiger partial charge in [-0.05, 0) is 54.8 Å². The van der Waals surface area contributed by atoms with Gasteiger partial charge in [-0.1, -0.05) is 44.5 Å². The second kappa shape index (κ2) is 10.8. The van der Waals surface area contributed by atoms with Crippen LogP contribution in [0, 0.1) is 17.9 Å². The molecule has 4 heteroatoms. The number of aliphatic hydroxyl groups is 2. The molecule has 0 aliphatic heterocycles. The largest absolute Gasteiger partial charge is 0.393 e. The van der Waals surface area contributed by atoms with Gasteiger partial charge in [0, 0.05) is 31.4 Å². The van der Waals surface area contributed by atoms with Crippen LogP contribution < -0.4 is 0 Å². The zero-order valence-electron chi connectivity index (χ0n) is 18.3. The van der Waals surface area contributed by atoms with Crippen LogP contribution in [0.15, 0.2) is 54.6 Å². The predicted molar refractivity (Wildman–Crippen MR) is 122 cm³/mol. The first-order valence-corrected chi connectivity index (χ1v) is 11.3. The number of nitrogens with zero attached hydrogens (tertiary/aromatic N) is 1. The van der Waals surface area contributed by atoms with Gasteiger partial charge in [0.25, 0.3) is 0 Å². The van der Waals surface area contributed by atoms with Gasteiger partial charge in [0.2, 0.25) is 0 Å². The van der Waals surface area contributed by atoms with Crippen LogP contribution >= 0.6 is 0 Å². The number of aliphatic hydroxyl groups excluding tert-OH is 2. The van der Waals surface area contributed by atoms with E-state index in [1.54, 1.807) is 0 Å². The monoisotopic (exact) mass is 595 g/mol. The van der Waals surface area contributed by atoms with Crippen molar-refractivity contribution in [2.45, 2.75) is 64.1 Å². The molecule has 2 aliphatic carbocycles. The first kappa shape index (κ1) is 24.1. The predicted octanol–water partition coefficient (Wildman–Crippen LogP) is 5.74. The molecule has 3 nitrogen and oxygen atoms in total. The van der Waals surface area contributed by atoms with E-state index in [2.05, 4.69) is 50.2 Å². The Labute approximate surface area is 199 Å². The number of hydrogen-bond donors (Lipinski definition) is 2. The Bertz CT molecular complexity index is 973. The summed E-state index contributed by atoms with van der Waals surface area (Å²) >= 11 is 0. The molecule has 3 aromatic rings. The smallest absolute Gasteiger partial charge is 0.0598 e. The summed E-state index contributed by atoms with van der Waals surface area (Å²) in [7, 11) is 0. The maximum atomic E-state index is 9.59. The van der Waals surface area contributed by atoms with Crippen molar-refractivity contribution < 1.29 is 30.3 Å². The third-order valence-corrected chi connectivity index (χ3v) is 6.71. The zero-order valence-corrected chi connectivity index (χ0v) is 20.7. The molecular formula is C27H32IrNO2-. The van der Waals surface area contributed by atoms with Crippen molar-refractivity contribution >= 4 is 10.9 Å². The zero-order chi connectivity index (χ0) is 21.1. The minimum absolute atomic E-state index is 0. The molecule has 1 radical (unpaired) electrons. The molecule has 1 heterocycles. The van der Waals surface area contributed by atoms with Gasteiger partial charge in [0.05, 0.1) is 17.7 Å². The van der Waals surface area contributed by atoms with E-state index >= 15 is 0 Å². The van der Waals surface area contributed by atoms with E-state index in [-0.39, 0.29) is 38.2 Å². The molecular weight excluding hydrogens is 563 g/mol. The Morgan fingerprint density at radius 1 is 0.903 bits per heavy atom. The number of fused-ring (bicyclic) bond motifs is 2. The van der Waals surface area contributed by atoms with Crippen LogP contribution in [-0.2, 0) is 20.1 Å². The molecule has 31 heavy (non-hydrogen) atoms. The van der Waals surface area contributed by atoms with E-state index in [1.807, 2.05) is 24.3 Å². The van der Waals surface area contributed by atoms with Crippen molar-refractivity contribution in [3.8, 4) is 11.3 Å². The Morgan fingerprint density at radius 3 is 2.42 bits per heavy atom. The summed E-state index contributed by atoms with van der Waals surface area (Å²) in [6.07, 6.45) is 4.88. The van der Waals surface area contributed by atoms with Crippen LogP contribution in [0.1, 0.15) is 57.4 Å². The fourth-order valence-electron chi connectivity index (χ4n) is 5.16. The molecule has 2 fully saturated rings. The first-order valence-electron chi connectivity index (χ1n) is 11.3. The molecule has 2 N–H and O–H groups in total. The van der Waals surface area contributed by atoms with Crippen molar-refractivity contribution in [2.24, 2.45) is 11.8 Å². The van der Waals surface area contributed by atoms with Crippen molar-refractivity contribution in [1.82, 2.24) is 4.98 Å². The van der Waals surface area contributed by atoms with Gasteiger partial charge in [-0.15, -0.1) is 35.9 Å². The summed E-state index contributed by atoms with van der Waals surface area (Å²) in [5, 5.41) is 20.4. The Morgan fingerprint density at radius 2 is 1.71 bits per heavy atom. The quantitative estimate of drug-likeness (QED) is 0.372. The van der Waals surface area contributed by atoms with Crippen LogP contribution in [0.25, 0.3) is 22.2 Å². The SMILES string of the molecule is CC(C)c1cccc2nc(-c3[c-]cccc3)ccc12.OC1CCCC2CCC(O)C12.[Ir]. The standard InChI is InChI=1S/C18H16N.C9H16O2.Ir/c1-13(2)15-9-6-10-18-16(15)11-12-17(19-18)14-7-4-3-5-8-14;10-7-3-1-2-6-4-5-8(11)9(6)7;/h3-7,9-13H,1-2H3;6-11H,1-5H2;/q-1;;. The van der Waals surface area contributed by atoms with Gasteiger partial charge < -0.3 is 10.2 Å². The summed E-state index contributed by atoms with van der Waals surface area (Å²) < 4.78 is 0. The van der Waals surface area contributed by atoms with E-state index in [4.69, 9.17) is 4.98 Å². The Hall–Kier alpha value is -1.58. The van der Waals surface area contributed by atoms with Gasteiger partial charge >= 0.3 is 0 Å². The third kappa shape index (κ3) is 5.43.